The molecule has 0 unspecified atom stereocenters. The number of anilines is 2. The lowest BCUT2D eigenvalue weighted by molar-refractivity contribution is -0.116. The van der Waals surface area contributed by atoms with Gasteiger partial charge in [-0.3, -0.25) is 9.78 Å². The Morgan fingerprint density at radius 2 is 2.00 bits per heavy atom. The molecule has 108 valence electrons. The molecule has 1 amide bonds. The number of carboxylic acid groups (broad SMARTS) is 1. The molecule has 21 heavy (non-hydrogen) atoms. The second kappa shape index (κ2) is 6.51. The molecular weight excluding hydrogens is 270 g/mol. The number of rotatable bonds is 5. The number of amides is 1. The maximum absolute atomic E-state index is 11.9. The van der Waals surface area contributed by atoms with Gasteiger partial charge in [0.15, 0.2) is 0 Å². The van der Waals surface area contributed by atoms with E-state index in [4.69, 9.17) is 10.8 Å². The van der Waals surface area contributed by atoms with Crippen LogP contribution in [0.3, 0.4) is 0 Å². The number of benzene rings is 1. The molecule has 6 heteroatoms. The van der Waals surface area contributed by atoms with Gasteiger partial charge in [0.1, 0.15) is 0 Å². The van der Waals surface area contributed by atoms with Gasteiger partial charge < -0.3 is 16.2 Å². The van der Waals surface area contributed by atoms with Crippen LogP contribution in [0.1, 0.15) is 22.3 Å². The average Bonchev–Trinajstić information content (AvgIpc) is 2.46. The largest absolute Gasteiger partial charge is 0.478 e. The van der Waals surface area contributed by atoms with E-state index in [2.05, 4.69) is 10.3 Å². The first-order valence-corrected chi connectivity index (χ1v) is 6.38. The molecule has 0 bridgehead atoms. The Morgan fingerprint density at radius 3 is 2.71 bits per heavy atom. The van der Waals surface area contributed by atoms with Crippen LogP contribution in [0.15, 0.2) is 42.7 Å². The first-order valence-electron chi connectivity index (χ1n) is 6.38. The van der Waals surface area contributed by atoms with Crippen LogP contribution in [0.2, 0.25) is 0 Å². The SMILES string of the molecule is Nc1ccccc1CCC(=O)Nc1cncc(C(=O)O)c1. The maximum atomic E-state index is 11.9. The second-order valence-electron chi connectivity index (χ2n) is 4.51. The van der Waals surface area contributed by atoms with Crippen molar-refractivity contribution in [1.29, 1.82) is 0 Å². The van der Waals surface area contributed by atoms with Crippen molar-refractivity contribution in [3.8, 4) is 0 Å². The fourth-order valence-electron chi connectivity index (χ4n) is 1.86. The van der Waals surface area contributed by atoms with Crippen molar-refractivity contribution in [3.05, 3.63) is 53.9 Å². The first kappa shape index (κ1) is 14.5. The zero-order valence-corrected chi connectivity index (χ0v) is 11.2. The summed E-state index contributed by atoms with van der Waals surface area (Å²) in [6.45, 7) is 0. The molecule has 0 saturated heterocycles. The van der Waals surface area contributed by atoms with E-state index >= 15 is 0 Å². The molecule has 1 aromatic carbocycles. The van der Waals surface area contributed by atoms with Crippen molar-refractivity contribution < 1.29 is 14.7 Å². The van der Waals surface area contributed by atoms with Gasteiger partial charge in [0.2, 0.25) is 5.91 Å². The Labute approximate surface area is 121 Å². The summed E-state index contributed by atoms with van der Waals surface area (Å²) < 4.78 is 0. The number of nitrogen functional groups attached to an aromatic ring is 1. The number of aromatic carboxylic acids is 1. The highest BCUT2D eigenvalue weighted by atomic mass is 16.4. The van der Waals surface area contributed by atoms with E-state index in [0.717, 1.165) is 5.56 Å². The lowest BCUT2D eigenvalue weighted by Crippen LogP contribution is -2.13. The van der Waals surface area contributed by atoms with Crippen molar-refractivity contribution in [2.45, 2.75) is 12.8 Å². The third-order valence-corrected chi connectivity index (χ3v) is 2.95. The van der Waals surface area contributed by atoms with Crippen molar-refractivity contribution in [3.63, 3.8) is 0 Å². The van der Waals surface area contributed by atoms with E-state index in [9.17, 15) is 9.59 Å². The number of nitrogens with zero attached hydrogens (tertiary/aromatic N) is 1. The highest BCUT2D eigenvalue weighted by molar-refractivity contribution is 5.93. The number of hydrogen-bond donors (Lipinski definition) is 3. The molecule has 0 atom stereocenters. The number of nitrogens with two attached hydrogens (primary N) is 1. The number of hydrogen-bond acceptors (Lipinski definition) is 4. The molecule has 0 aliphatic rings. The molecule has 0 saturated carbocycles. The topological polar surface area (TPSA) is 105 Å². The second-order valence-corrected chi connectivity index (χ2v) is 4.51. The molecule has 0 fully saturated rings. The maximum Gasteiger partial charge on any atom is 0.337 e. The van der Waals surface area contributed by atoms with Crippen LogP contribution in [-0.2, 0) is 11.2 Å². The predicted octanol–water partition coefficient (Wildman–Crippen LogP) is 1.93. The minimum Gasteiger partial charge on any atom is -0.478 e. The summed E-state index contributed by atoms with van der Waals surface area (Å²) in [5.41, 5.74) is 7.76. The minimum atomic E-state index is -1.09. The molecule has 2 rings (SSSR count). The number of nitrogens with one attached hydrogen (secondary N) is 1. The summed E-state index contributed by atoms with van der Waals surface area (Å²) in [5.74, 6) is -1.31. The van der Waals surface area contributed by atoms with Crippen LogP contribution >= 0.6 is 0 Å². The Kier molecular flexibility index (Phi) is 4.50. The Balaban J connectivity index is 1.95. The van der Waals surface area contributed by atoms with Crippen molar-refractivity contribution >= 4 is 23.3 Å². The zero-order chi connectivity index (χ0) is 15.2. The van der Waals surface area contributed by atoms with Crippen molar-refractivity contribution in [2.24, 2.45) is 0 Å². The molecule has 0 radical (unpaired) electrons. The van der Waals surface area contributed by atoms with E-state index in [1.165, 1.54) is 18.5 Å². The van der Waals surface area contributed by atoms with E-state index < -0.39 is 5.97 Å². The van der Waals surface area contributed by atoms with Crippen LogP contribution in [0.4, 0.5) is 11.4 Å². The van der Waals surface area contributed by atoms with Gasteiger partial charge in [0, 0.05) is 18.3 Å². The smallest absolute Gasteiger partial charge is 0.337 e. The number of carbonyl (C=O) groups excluding carboxylic acids is 1. The predicted molar refractivity (Wildman–Crippen MR) is 79.0 cm³/mol. The van der Waals surface area contributed by atoms with Gasteiger partial charge in [-0.15, -0.1) is 0 Å². The Hall–Kier alpha value is -2.89. The van der Waals surface area contributed by atoms with Crippen LogP contribution in [0.25, 0.3) is 0 Å². The van der Waals surface area contributed by atoms with Crippen LogP contribution in [0, 0.1) is 0 Å². The van der Waals surface area contributed by atoms with Crippen LogP contribution in [-0.4, -0.2) is 22.0 Å². The number of carbonyl (C=O) groups is 2. The van der Waals surface area contributed by atoms with Crippen LogP contribution in [0.5, 0.6) is 0 Å². The van der Waals surface area contributed by atoms with Crippen molar-refractivity contribution in [2.75, 3.05) is 11.1 Å². The number of para-hydroxylation sites is 1. The molecule has 1 aromatic heterocycles. The fraction of sp³-hybridized carbons (Fsp3) is 0.133. The third kappa shape index (κ3) is 4.04. The number of aryl methyl sites for hydroxylation is 1. The Bertz CT molecular complexity index is 671. The number of aromatic nitrogens is 1. The molecular formula is C15H15N3O3. The Morgan fingerprint density at radius 1 is 1.24 bits per heavy atom. The van der Waals surface area contributed by atoms with E-state index in [-0.39, 0.29) is 17.9 Å². The summed E-state index contributed by atoms with van der Waals surface area (Å²) >= 11 is 0. The molecule has 0 spiro atoms. The van der Waals surface area contributed by atoms with Crippen LogP contribution < -0.4 is 11.1 Å². The standard InChI is InChI=1S/C15H15N3O3/c16-13-4-2-1-3-10(13)5-6-14(19)18-12-7-11(15(20)21)8-17-9-12/h1-4,7-9H,5-6,16H2,(H,18,19)(H,20,21). The fourth-order valence-corrected chi connectivity index (χ4v) is 1.86. The van der Waals surface area contributed by atoms with Gasteiger partial charge >= 0.3 is 5.97 Å². The number of carboxylic acids is 1. The molecule has 0 aliphatic heterocycles. The van der Waals surface area contributed by atoms with Gasteiger partial charge in [-0.2, -0.15) is 0 Å². The lowest BCUT2D eigenvalue weighted by Gasteiger charge is -2.07. The molecule has 6 nitrogen and oxygen atoms in total. The first-order chi connectivity index (χ1) is 10.1. The summed E-state index contributed by atoms with van der Waals surface area (Å²) in [6.07, 6.45) is 3.40. The van der Waals surface area contributed by atoms with Crippen molar-refractivity contribution in [1.82, 2.24) is 4.98 Å². The third-order valence-electron chi connectivity index (χ3n) is 2.95. The summed E-state index contributed by atoms with van der Waals surface area (Å²) in [6, 6.07) is 8.72. The van der Waals surface area contributed by atoms with Gasteiger partial charge in [0.25, 0.3) is 0 Å². The lowest BCUT2D eigenvalue weighted by atomic mass is 10.1. The normalized spacial score (nSPS) is 10.1. The summed E-state index contributed by atoms with van der Waals surface area (Å²) in [4.78, 5) is 26.4. The molecule has 1 heterocycles. The molecule has 2 aromatic rings. The quantitative estimate of drug-likeness (QED) is 0.728. The van der Waals surface area contributed by atoms with E-state index in [1.807, 2.05) is 18.2 Å². The zero-order valence-electron chi connectivity index (χ0n) is 11.2. The van der Waals surface area contributed by atoms with E-state index in [0.29, 0.717) is 17.8 Å². The van der Waals surface area contributed by atoms with Gasteiger partial charge in [-0.05, 0) is 24.1 Å². The van der Waals surface area contributed by atoms with Gasteiger partial charge in [-0.25, -0.2) is 4.79 Å². The van der Waals surface area contributed by atoms with Gasteiger partial charge in [-0.1, -0.05) is 18.2 Å². The minimum absolute atomic E-state index is 0.0279. The molecule has 0 aliphatic carbocycles. The summed E-state index contributed by atoms with van der Waals surface area (Å²) in [7, 11) is 0. The highest BCUT2D eigenvalue weighted by Crippen LogP contribution is 2.14. The molecule has 4 N–H and O–H groups in total. The van der Waals surface area contributed by atoms with E-state index in [1.54, 1.807) is 6.07 Å². The highest BCUT2D eigenvalue weighted by Gasteiger charge is 2.08. The summed E-state index contributed by atoms with van der Waals surface area (Å²) in [5, 5.41) is 11.5. The number of pyridine rings is 1. The monoisotopic (exact) mass is 285 g/mol. The average molecular weight is 285 g/mol. The van der Waals surface area contributed by atoms with Gasteiger partial charge in [0.05, 0.1) is 17.4 Å².